The molecule has 1 aromatic carbocycles. The molecule has 0 radical (unpaired) electrons. The van der Waals surface area contributed by atoms with Crippen molar-refractivity contribution in [1.29, 1.82) is 0 Å². The van der Waals surface area contributed by atoms with Crippen LogP contribution in [0.3, 0.4) is 0 Å². The van der Waals surface area contributed by atoms with E-state index in [1.807, 2.05) is 0 Å². The smallest absolute Gasteiger partial charge is 0.0401 e. The van der Waals surface area contributed by atoms with Gasteiger partial charge in [-0.2, -0.15) is 0 Å². The number of fused-ring (bicyclic) bond motifs is 1. The molecular weight excluding hydrogens is 208 g/mol. The second-order valence-corrected chi connectivity index (χ2v) is 5.39. The van der Waals surface area contributed by atoms with Crippen LogP contribution in [0.1, 0.15) is 25.3 Å². The fourth-order valence-electron chi connectivity index (χ4n) is 2.81. The molecule has 17 heavy (non-hydrogen) atoms. The van der Waals surface area contributed by atoms with Crippen LogP contribution in [0.5, 0.6) is 0 Å². The lowest BCUT2D eigenvalue weighted by molar-refractivity contribution is 0.371. The van der Waals surface area contributed by atoms with Crippen LogP contribution in [0, 0.1) is 0 Å². The van der Waals surface area contributed by atoms with Crippen molar-refractivity contribution in [3.8, 4) is 0 Å². The van der Waals surface area contributed by atoms with Gasteiger partial charge >= 0.3 is 0 Å². The third-order valence-electron chi connectivity index (χ3n) is 3.56. The second kappa shape index (κ2) is 5.54. The van der Waals surface area contributed by atoms with Crippen LogP contribution in [0.4, 0.5) is 5.69 Å². The monoisotopic (exact) mass is 232 g/mol. The number of likely N-dealkylation sites (N-methyl/N-ethyl adjacent to an activating group) is 1. The van der Waals surface area contributed by atoms with Gasteiger partial charge in [-0.15, -0.1) is 0 Å². The van der Waals surface area contributed by atoms with Gasteiger partial charge in [0, 0.05) is 24.8 Å². The average molecular weight is 232 g/mol. The van der Waals surface area contributed by atoms with Crippen molar-refractivity contribution < 1.29 is 0 Å². The Morgan fingerprint density at radius 3 is 2.76 bits per heavy atom. The Morgan fingerprint density at radius 2 is 2.00 bits per heavy atom. The summed E-state index contributed by atoms with van der Waals surface area (Å²) in [5.74, 6) is 0. The highest BCUT2D eigenvalue weighted by Crippen LogP contribution is 2.27. The molecule has 1 atom stereocenters. The first kappa shape index (κ1) is 12.4. The summed E-state index contributed by atoms with van der Waals surface area (Å²) < 4.78 is 0. The first-order valence-electron chi connectivity index (χ1n) is 6.68. The fraction of sp³-hybridized carbons (Fsp3) is 0.600. The molecule has 0 fully saturated rings. The van der Waals surface area contributed by atoms with Gasteiger partial charge in [-0.3, -0.25) is 0 Å². The van der Waals surface area contributed by atoms with E-state index in [0.29, 0.717) is 6.04 Å². The van der Waals surface area contributed by atoms with Crippen molar-refractivity contribution in [3.05, 3.63) is 29.8 Å². The van der Waals surface area contributed by atoms with Gasteiger partial charge < -0.3 is 9.80 Å². The van der Waals surface area contributed by atoms with E-state index in [4.69, 9.17) is 0 Å². The van der Waals surface area contributed by atoms with E-state index >= 15 is 0 Å². The van der Waals surface area contributed by atoms with Crippen molar-refractivity contribution >= 4 is 5.69 Å². The van der Waals surface area contributed by atoms with Crippen LogP contribution in [0.15, 0.2) is 24.3 Å². The number of nitrogens with zero attached hydrogens (tertiary/aromatic N) is 2. The fourth-order valence-corrected chi connectivity index (χ4v) is 2.81. The van der Waals surface area contributed by atoms with Crippen molar-refractivity contribution in [3.63, 3.8) is 0 Å². The van der Waals surface area contributed by atoms with E-state index in [1.54, 1.807) is 0 Å². The molecule has 0 saturated heterocycles. The molecule has 0 aliphatic carbocycles. The van der Waals surface area contributed by atoms with Gasteiger partial charge in [0.1, 0.15) is 0 Å². The SMILES string of the molecule is CC(CN(C)C)N1CCCCc2ccccc21. The largest absolute Gasteiger partial charge is 0.367 e. The summed E-state index contributed by atoms with van der Waals surface area (Å²) in [5, 5.41) is 0. The minimum Gasteiger partial charge on any atom is -0.367 e. The van der Waals surface area contributed by atoms with Crippen LogP contribution < -0.4 is 4.90 Å². The molecular formula is C15H24N2. The van der Waals surface area contributed by atoms with Crippen LogP contribution in [0.25, 0.3) is 0 Å². The molecule has 0 amide bonds. The molecule has 2 heteroatoms. The second-order valence-electron chi connectivity index (χ2n) is 5.39. The van der Waals surface area contributed by atoms with Crippen molar-refractivity contribution in [1.82, 2.24) is 4.90 Å². The number of para-hydroxylation sites is 1. The zero-order valence-electron chi connectivity index (χ0n) is 11.3. The van der Waals surface area contributed by atoms with Crippen LogP contribution in [0.2, 0.25) is 0 Å². The first-order valence-corrected chi connectivity index (χ1v) is 6.68. The van der Waals surface area contributed by atoms with Gasteiger partial charge in [0.05, 0.1) is 0 Å². The van der Waals surface area contributed by atoms with Gasteiger partial charge in [0.15, 0.2) is 0 Å². The van der Waals surface area contributed by atoms with Crippen LogP contribution in [-0.2, 0) is 6.42 Å². The van der Waals surface area contributed by atoms with Crippen molar-refractivity contribution in [2.24, 2.45) is 0 Å². The lowest BCUT2D eigenvalue weighted by atomic mass is 10.1. The quantitative estimate of drug-likeness (QED) is 0.790. The molecule has 0 N–H and O–H groups in total. The number of hydrogen-bond acceptors (Lipinski definition) is 2. The molecule has 2 rings (SSSR count). The van der Waals surface area contributed by atoms with E-state index < -0.39 is 0 Å². The van der Waals surface area contributed by atoms with E-state index in [-0.39, 0.29) is 0 Å². The van der Waals surface area contributed by atoms with Gasteiger partial charge in [0.2, 0.25) is 0 Å². The van der Waals surface area contributed by atoms with Crippen molar-refractivity contribution in [2.45, 2.75) is 32.2 Å². The van der Waals surface area contributed by atoms with E-state index in [2.05, 4.69) is 55.1 Å². The molecule has 1 aliphatic heterocycles. The van der Waals surface area contributed by atoms with Crippen LogP contribution in [-0.4, -0.2) is 38.1 Å². The molecule has 0 bridgehead atoms. The molecule has 1 unspecified atom stereocenters. The number of anilines is 1. The summed E-state index contributed by atoms with van der Waals surface area (Å²) in [5.41, 5.74) is 2.98. The van der Waals surface area contributed by atoms with Gasteiger partial charge in [0.25, 0.3) is 0 Å². The van der Waals surface area contributed by atoms with Gasteiger partial charge in [-0.05, 0) is 51.9 Å². The standard InChI is InChI=1S/C15H24N2/c1-13(12-16(2)3)17-11-7-6-9-14-8-4-5-10-15(14)17/h4-5,8,10,13H,6-7,9,11-12H2,1-3H3. The van der Waals surface area contributed by atoms with E-state index in [0.717, 1.165) is 6.54 Å². The lowest BCUT2D eigenvalue weighted by Crippen LogP contribution is -2.40. The highest BCUT2D eigenvalue weighted by molar-refractivity contribution is 5.55. The third-order valence-corrected chi connectivity index (χ3v) is 3.56. The molecule has 94 valence electrons. The zero-order chi connectivity index (χ0) is 12.3. The molecule has 1 aromatic rings. The molecule has 0 spiro atoms. The summed E-state index contributed by atoms with van der Waals surface area (Å²) >= 11 is 0. The Bertz CT molecular complexity index is 360. The van der Waals surface area contributed by atoms with Crippen molar-refractivity contribution in [2.75, 3.05) is 32.1 Å². The summed E-state index contributed by atoms with van der Waals surface area (Å²) in [7, 11) is 4.31. The minimum absolute atomic E-state index is 0.587. The Morgan fingerprint density at radius 1 is 1.24 bits per heavy atom. The topological polar surface area (TPSA) is 6.48 Å². The van der Waals surface area contributed by atoms with Crippen LogP contribution >= 0.6 is 0 Å². The summed E-state index contributed by atoms with van der Waals surface area (Å²) in [6.07, 6.45) is 3.87. The molecule has 1 heterocycles. The highest BCUT2D eigenvalue weighted by Gasteiger charge is 2.19. The Balaban J connectivity index is 2.22. The number of aryl methyl sites for hydroxylation is 1. The molecule has 2 nitrogen and oxygen atoms in total. The molecule has 0 aromatic heterocycles. The number of hydrogen-bond donors (Lipinski definition) is 0. The zero-order valence-corrected chi connectivity index (χ0v) is 11.3. The molecule has 0 saturated carbocycles. The summed E-state index contributed by atoms with van der Waals surface area (Å²) in [4.78, 5) is 4.86. The minimum atomic E-state index is 0.587. The average Bonchev–Trinajstić information content (AvgIpc) is 2.50. The maximum Gasteiger partial charge on any atom is 0.0401 e. The summed E-state index contributed by atoms with van der Waals surface area (Å²) in [6.45, 7) is 4.66. The predicted molar refractivity (Wildman–Crippen MR) is 74.7 cm³/mol. The van der Waals surface area contributed by atoms with Gasteiger partial charge in [-0.25, -0.2) is 0 Å². The third kappa shape index (κ3) is 3.01. The summed E-state index contributed by atoms with van der Waals surface area (Å²) in [6, 6.07) is 9.49. The van der Waals surface area contributed by atoms with E-state index in [1.165, 1.54) is 37.1 Å². The Labute approximate surface area is 105 Å². The van der Waals surface area contributed by atoms with Gasteiger partial charge in [-0.1, -0.05) is 18.2 Å². The number of benzene rings is 1. The number of rotatable bonds is 3. The molecule has 1 aliphatic rings. The normalized spacial score (nSPS) is 17.8. The lowest BCUT2D eigenvalue weighted by Gasteiger charge is -2.33. The predicted octanol–water partition coefficient (Wildman–Crippen LogP) is 2.78. The maximum absolute atomic E-state index is 2.59. The Hall–Kier alpha value is -1.02. The Kier molecular flexibility index (Phi) is 4.06. The van der Waals surface area contributed by atoms with E-state index in [9.17, 15) is 0 Å². The first-order chi connectivity index (χ1) is 8.18. The maximum atomic E-state index is 2.59. The highest BCUT2D eigenvalue weighted by atomic mass is 15.2.